The van der Waals surface area contributed by atoms with Gasteiger partial charge in [-0.25, -0.2) is 0 Å². The second-order valence-corrected chi connectivity index (χ2v) is 4.46. The van der Waals surface area contributed by atoms with E-state index in [4.69, 9.17) is 5.84 Å². The maximum absolute atomic E-state index is 12.2. The predicted octanol–water partition coefficient (Wildman–Crippen LogP) is 1.69. The van der Waals surface area contributed by atoms with E-state index in [0.29, 0.717) is 16.9 Å². The number of rotatable bonds is 4. The number of carbonyl (C=O) groups is 1. The Labute approximate surface area is 117 Å². The first kappa shape index (κ1) is 13.8. The Hall–Kier alpha value is -2.60. The lowest BCUT2D eigenvalue weighted by molar-refractivity contribution is 0.102. The molecule has 4 N–H and O–H groups in total. The molecule has 0 aliphatic carbocycles. The molecule has 0 spiro atoms. The van der Waals surface area contributed by atoms with E-state index in [2.05, 4.69) is 15.7 Å². The first-order chi connectivity index (χ1) is 9.61. The Kier molecular flexibility index (Phi) is 4.17. The van der Waals surface area contributed by atoms with Crippen molar-refractivity contribution in [2.24, 2.45) is 5.84 Å². The summed E-state index contributed by atoms with van der Waals surface area (Å²) in [5, 5.41) is 2.83. The molecular formula is C14H17N5O. The van der Waals surface area contributed by atoms with Gasteiger partial charge < -0.3 is 15.6 Å². The molecule has 0 unspecified atom stereocenters. The molecule has 0 radical (unpaired) electrons. The van der Waals surface area contributed by atoms with E-state index in [9.17, 15) is 4.79 Å². The van der Waals surface area contributed by atoms with Gasteiger partial charge in [-0.2, -0.15) is 0 Å². The van der Waals surface area contributed by atoms with Gasteiger partial charge in [-0.05, 0) is 24.3 Å². The van der Waals surface area contributed by atoms with Crippen LogP contribution in [0.25, 0.3) is 0 Å². The van der Waals surface area contributed by atoms with Crippen LogP contribution in [0.15, 0.2) is 42.7 Å². The van der Waals surface area contributed by atoms with Crippen molar-refractivity contribution in [2.45, 2.75) is 0 Å². The number of nitrogens with one attached hydrogen (secondary N) is 2. The summed E-state index contributed by atoms with van der Waals surface area (Å²) < 4.78 is 0. The first-order valence-corrected chi connectivity index (χ1v) is 6.11. The number of carbonyl (C=O) groups excluding carboxylic acids is 1. The normalized spacial score (nSPS) is 9.95. The van der Waals surface area contributed by atoms with Crippen LogP contribution in [0.5, 0.6) is 0 Å². The summed E-state index contributed by atoms with van der Waals surface area (Å²) in [5.41, 5.74) is 5.13. The molecule has 1 aromatic heterocycles. The molecule has 0 fully saturated rings. The molecule has 0 atom stereocenters. The highest BCUT2D eigenvalue weighted by atomic mass is 16.1. The van der Waals surface area contributed by atoms with Crippen LogP contribution in [-0.2, 0) is 0 Å². The molecule has 6 nitrogen and oxygen atoms in total. The van der Waals surface area contributed by atoms with Crippen LogP contribution in [0.3, 0.4) is 0 Å². The summed E-state index contributed by atoms with van der Waals surface area (Å²) in [4.78, 5) is 18.1. The maximum atomic E-state index is 12.2. The molecule has 0 aliphatic rings. The highest BCUT2D eigenvalue weighted by Gasteiger charge is 2.11. The van der Waals surface area contributed by atoms with Crippen molar-refractivity contribution in [1.29, 1.82) is 0 Å². The largest absolute Gasteiger partial charge is 0.378 e. The van der Waals surface area contributed by atoms with Crippen molar-refractivity contribution in [1.82, 2.24) is 4.98 Å². The molecule has 1 amide bonds. The summed E-state index contributed by atoms with van der Waals surface area (Å²) in [5.74, 6) is 5.12. The minimum atomic E-state index is -0.262. The Morgan fingerprint density at radius 3 is 2.80 bits per heavy atom. The van der Waals surface area contributed by atoms with Gasteiger partial charge in [0.15, 0.2) is 0 Å². The fraction of sp³-hybridized carbons (Fsp3) is 0.143. The molecule has 0 saturated heterocycles. The van der Waals surface area contributed by atoms with Crippen LogP contribution in [0.2, 0.25) is 0 Å². The van der Waals surface area contributed by atoms with Crippen molar-refractivity contribution in [3.05, 3.63) is 48.3 Å². The number of aromatic nitrogens is 1. The third-order valence-electron chi connectivity index (χ3n) is 2.84. The first-order valence-electron chi connectivity index (χ1n) is 6.11. The lowest BCUT2D eigenvalue weighted by atomic mass is 10.2. The minimum absolute atomic E-state index is 0.262. The fourth-order valence-corrected chi connectivity index (χ4v) is 1.76. The smallest absolute Gasteiger partial charge is 0.259 e. The molecular weight excluding hydrogens is 254 g/mol. The van der Waals surface area contributed by atoms with E-state index < -0.39 is 0 Å². The van der Waals surface area contributed by atoms with Gasteiger partial charge in [0.25, 0.3) is 5.91 Å². The molecule has 0 saturated carbocycles. The predicted molar refractivity (Wildman–Crippen MR) is 80.8 cm³/mol. The fourth-order valence-electron chi connectivity index (χ4n) is 1.76. The number of nitrogens with zero attached hydrogens (tertiary/aromatic N) is 2. The SMILES string of the molecule is CN(C)c1cccc(NC(=O)c2cnccc2NN)c1. The molecule has 20 heavy (non-hydrogen) atoms. The van der Waals surface area contributed by atoms with E-state index in [-0.39, 0.29) is 5.91 Å². The van der Waals surface area contributed by atoms with Crippen LogP contribution in [0.1, 0.15) is 10.4 Å². The summed E-state index contributed by atoms with van der Waals surface area (Å²) in [6.07, 6.45) is 3.04. The quantitative estimate of drug-likeness (QED) is 0.582. The van der Waals surface area contributed by atoms with Crippen LogP contribution < -0.4 is 21.5 Å². The minimum Gasteiger partial charge on any atom is -0.378 e. The molecule has 0 bridgehead atoms. The van der Waals surface area contributed by atoms with Crippen molar-refractivity contribution < 1.29 is 4.79 Å². The Morgan fingerprint density at radius 2 is 2.10 bits per heavy atom. The van der Waals surface area contributed by atoms with Crippen molar-refractivity contribution in [2.75, 3.05) is 29.7 Å². The zero-order valence-electron chi connectivity index (χ0n) is 11.4. The average molecular weight is 271 g/mol. The van der Waals surface area contributed by atoms with E-state index in [0.717, 1.165) is 5.69 Å². The van der Waals surface area contributed by atoms with Gasteiger partial charge in [0, 0.05) is 37.9 Å². The van der Waals surface area contributed by atoms with E-state index in [1.807, 2.05) is 43.3 Å². The molecule has 2 aromatic rings. The zero-order valence-corrected chi connectivity index (χ0v) is 11.4. The molecule has 2 rings (SSSR count). The number of hydrogen-bond acceptors (Lipinski definition) is 5. The number of amides is 1. The summed E-state index contributed by atoms with van der Waals surface area (Å²) >= 11 is 0. The van der Waals surface area contributed by atoms with Crippen molar-refractivity contribution in [3.8, 4) is 0 Å². The van der Waals surface area contributed by atoms with Crippen LogP contribution in [0.4, 0.5) is 17.1 Å². The number of benzene rings is 1. The number of pyridine rings is 1. The second-order valence-electron chi connectivity index (χ2n) is 4.46. The summed E-state index contributed by atoms with van der Waals surface area (Å²) in [6.45, 7) is 0. The van der Waals surface area contributed by atoms with Crippen molar-refractivity contribution in [3.63, 3.8) is 0 Å². The van der Waals surface area contributed by atoms with Crippen LogP contribution >= 0.6 is 0 Å². The molecule has 1 heterocycles. The second kappa shape index (κ2) is 6.03. The maximum Gasteiger partial charge on any atom is 0.259 e. The zero-order chi connectivity index (χ0) is 14.5. The van der Waals surface area contributed by atoms with E-state index in [1.165, 1.54) is 6.20 Å². The van der Waals surface area contributed by atoms with Crippen LogP contribution in [0, 0.1) is 0 Å². The topological polar surface area (TPSA) is 83.3 Å². The number of hydrogen-bond donors (Lipinski definition) is 3. The number of anilines is 3. The van der Waals surface area contributed by atoms with E-state index >= 15 is 0 Å². The van der Waals surface area contributed by atoms with Gasteiger partial charge >= 0.3 is 0 Å². The highest BCUT2D eigenvalue weighted by Crippen LogP contribution is 2.19. The third-order valence-corrected chi connectivity index (χ3v) is 2.84. The van der Waals surface area contributed by atoms with E-state index in [1.54, 1.807) is 12.3 Å². The number of nitrogens with two attached hydrogens (primary N) is 1. The Balaban J connectivity index is 2.21. The summed E-state index contributed by atoms with van der Waals surface area (Å²) in [7, 11) is 3.89. The molecule has 104 valence electrons. The number of hydrazine groups is 1. The highest BCUT2D eigenvalue weighted by molar-refractivity contribution is 6.07. The average Bonchev–Trinajstić information content (AvgIpc) is 2.47. The monoisotopic (exact) mass is 271 g/mol. The van der Waals surface area contributed by atoms with Gasteiger partial charge in [0.2, 0.25) is 0 Å². The molecule has 6 heteroatoms. The lowest BCUT2D eigenvalue weighted by Gasteiger charge is -2.14. The van der Waals surface area contributed by atoms with Gasteiger partial charge in [0.1, 0.15) is 0 Å². The Bertz CT molecular complexity index is 612. The molecule has 0 aliphatic heterocycles. The number of nitrogen functional groups attached to an aromatic ring is 1. The standard InChI is InChI=1S/C14H17N5O/c1-19(2)11-5-3-4-10(8-11)17-14(20)12-9-16-7-6-13(12)18-15/h3-9H,15H2,1-2H3,(H,16,18)(H,17,20). The molecule has 1 aromatic carbocycles. The van der Waals surface area contributed by atoms with Gasteiger partial charge in [-0.3, -0.25) is 15.6 Å². The summed E-state index contributed by atoms with van der Waals surface area (Å²) in [6, 6.07) is 9.22. The van der Waals surface area contributed by atoms with Crippen molar-refractivity contribution >= 4 is 23.0 Å². The van der Waals surface area contributed by atoms with Crippen LogP contribution in [-0.4, -0.2) is 25.0 Å². The van der Waals surface area contributed by atoms with Gasteiger partial charge in [-0.15, -0.1) is 0 Å². The Morgan fingerprint density at radius 1 is 1.30 bits per heavy atom. The van der Waals surface area contributed by atoms with Gasteiger partial charge in [-0.1, -0.05) is 6.07 Å². The lowest BCUT2D eigenvalue weighted by Crippen LogP contribution is -2.17. The third kappa shape index (κ3) is 3.04. The van der Waals surface area contributed by atoms with Gasteiger partial charge in [0.05, 0.1) is 11.3 Å².